The zero-order valence-electron chi connectivity index (χ0n) is 15.5. The number of anilines is 1. The molecule has 2 aromatic carbocycles. The third-order valence-electron chi connectivity index (χ3n) is 4.20. The van der Waals surface area contributed by atoms with Crippen LogP contribution in [0.25, 0.3) is 0 Å². The maximum atomic E-state index is 12.6. The number of esters is 1. The van der Waals surface area contributed by atoms with Crippen LogP contribution in [0, 0.1) is 18.3 Å². The van der Waals surface area contributed by atoms with Crippen molar-refractivity contribution >= 4 is 17.6 Å². The summed E-state index contributed by atoms with van der Waals surface area (Å²) in [5.74, 6) is -0.0708. The first-order valence-electron chi connectivity index (χ1n) is 8.87. The van der Waals surface area contributed by atoms with Crippen molar-refractivity contribution in [2.24, 2.45) is 0 Å². The molecule has 1 aliphatic heterocycles. The molecule has 28 heavy (non-hydrogen) atoms. The summed E-state index contributed by atoms with van der Waals surface area (Å²) in [6.45, 7) is 1.73. The van der Waals surface area contributed by atoms with Gasteiger partial charge in [-0.15, -0.1) is 0 Å². The maximum absolute atomic E-state index is 12.6. The molecular weight excluding hydrogens is 360 g/mol. The number of nitrogens with zero attached hydrogens (tertiary/aromatic N) is 2. The number of fused-ring (bicyclic) bond motifs is 1. The van der Waals surface area contributed by atoms with Gasteiger partial charge in [0, 0.05) is 12.2 Å². The van der Waals surface area contributed by atoms with Gasteiger partial charge in [0.05, 0.1) is 12.5 Å². The van der Waals surface area contributed by atoms with Crippen LogP contribution in [0.1, 0.15) is 12.0 Å². The highest BCUT2D eigenvalue weighted by molar-refractivity contribution is 5.95. The van der Waals surface area contributed by atoms with Crippen LogP contribution in [0.15, 0.2) is 48.5 Å². The second-order valence-corrected chi connectivity index (χ2v) is 6.26. The molecule has 144 valence electrons. The Morgan fingerprint density at radius 1 is 1.18 bits per heavy atom. The smallest absolute Gasteiger partial charge is 0.351 e. The molecule has 3 rings (SSSR count). The van der Waals surface area contributed by atoms with Gasteiger partial charge in [0.15, 0.2) is 18.1 Å². The highest BCUT2D eigenvalue weighted by Gasteiger charge is 2.29. The highest BCUT2D eigenvalue weighted by atomic mass is 16.6. The Labute approximate surface area is 163 Å². The lowest BCUT2D eigenvalue weighted by molar-refractivity contribution is -0.157. The molecule has 1 amide bonds. The first kappa shape index (κ1) is 19.2. The molecular formula is C21H20N2O5. The predicted octanol–water partition coefficient (Wildman–Crippen LogP) is 2.62. The Kier molecular flexibility index (Phi) is 6.12. The summed E-state index contributed by atoms with van der Waals surface area (Å²) in [6, 6.07) is 16.4. The van der Waals surface area contributed by atoms with Crippen LogP contribution in [0.5, 0.6) is 11.5 Å². The Morgan fingerprint density at radius 3 is 2.61 bits per heavy atom. The fourth-order valence-electron chi connectivity index (χ4n) is 2.72. The van der Waals surface area contributed by atoms with Crippen LogP contribution in [-0.4, -0.2) is 37.7 Å². The molecule has 7 nitrogen and oxygen atoms in total. The lowest BCUT2D eigenvalue weighted by atomic mass is 10.2. The maximum Gasteiger partial charge on any atom is 0.351 e. The highest BCUT2D eigenvalue weighted by Crippen LogP contribution is 2.31. The molecule has 0 radical (unpaired) electrons. The van der Waals surface area contributed by atoms with Crippen molar-refractivity contribution in [1.29, 1.82) is 5.26 Å². The standard InChI is InChI=1S/C21H20N2O5/c1-15-7-9-16(10-8-15)23(12-4-11-22)20(24)14-27-21(25)19-13-26-17-5-2-3-6-18(17)28-19/h2-3,5-10,19H,4,12-14H2,1H3/t19-/m1/s1. The van der Waals surface area contributed by atoms with Gasteiger partial charge in [0.1, 0.15) is 6.61 Å². The van der Waals surface area contributed by atoms with E-state index in [2.05, 4.69) is 0 Å². The first-order valence-corrected chi connectivity index (χ1v) is 8.87. The number of amides is 1. The molecule has 0 saturated heterocycles. The molecule has 7 heteroatoms. The van der Waals surface area contributed by atoms with Crippen LogP contribution in [0.2, 0.25) is 0 Å². The minimum Gasteiger partial charge on any atom is -0.485 e. The van der Waals surface area contributed by atoms with Crippen molar-refractivity contribution in [3.8, 4) is 17.6 Å². The van der Waals surface area contributed by atoms with E-state index in [9.17, 15) is 9.59 Å². The molecule has 1 heterocycles. The van der Waals surface area contributed by atoms with E-state index in [-0.39, 0.29) is 19.6 Å². The Balaban J connectivity index is 1.60. The molecule has 1 aliphatic rings. The minimum atomic E-state index is -0.936. The summed E-state index contributed by atoms with van der Waals surface area (Å²) in [4.78, 5) is 26.3. The molecule has 0 fully saturated rings. The van der Waals surface area contributed by atoms with Gasteiger partial charge in [0.25, 0.3) is 5.91 Å². The van der Waals surface area contributed by atoms with Gasteiger partial charge in [-0.25, -0.2) is 4.79 Å². The van der Waals surface area contributed by atoms with Crippen LogP contribution in [0.3, 0.4) is 0 Å². The number of para-hydroxylation sites is 2. The number of nitriles is 1. The van der Waals surface area contributed by atoms with Gasteiger partial charge >= 0.3 is 5.97 Å². The molecule has 0 unspecified atom stereocenters. The van der Waals surface area contributed by atoms with Crippen molar-refractivity contribution in [1.82, 2.24) is 0 Å². The number of aryl methyl sites for hydroxylation is 1. The zero-order valence-corrected chi connectivity index (χ0v) is 15.5. The fourth-order valence-corrected chi connectivity index (χ4v) is 2.72. The summed E-state index contributed by atoms with van der Waals surface area (Å²) < 4.78 is 16.2. The SMILES string of the molecule is Cc1ccc(N(CCC#N)C(=O)COC(=O)[C@H]2COc3ccccc3O2)cc1. The first-order chi connectivity index (χ1) is 13.6. The molecule has 2 aromatic rings. The van der Waals surface area contributed by atoms with Crippen molar-refractivity contribution in [3.05, 3.63) is 54.1 Å². The predicted molar refractivity (Wildman–Crippen MR) is 101 cm³/mol. The summed E-state index contributed by atoms with van der Waals surface area (Å²) in [5, 5.41) is 8.85. The summed E-state index contributed by atoms with van der Waals surface area (Å²) in [5.41, 5.74) is 1.70. The van der Waals surface area contributed by atoms with Crippen molar-refractivity contribution in [2.75, 3.05) is 24.7 Å². The average Bonchev–Trinajstić information content (AvgIpc) is 2.73. The summed E-state index contributed by atoms with van der Waals surface area (Å²) in [6.07, 6.45) is -0.765. The number of carbonyl (C=O) groups is 2. The van der Waals surface area contributed by atoms with Crippen LogP contribution < -0.4 is 14.4 Å². The quantitative estimate of drug-likeness (QED) is 0.716. The molecule has 0 spiro atoms. The molecule has 0 aliphatic carbocycles. The zero-order chi connectivity index (χ0) is 19.9. The molecule has 0 N–H and O–H groups in total. The number of carbonyl (C=O) groups excluding carboxylic acids is 2. The number of rotatable bonds is 6. The van der Waals surface area contributed by atoms with E-state index in [1.54, 1.807) is 36.4 Å². The van der Waals surface area contributed by atoms with E-state index in [1.165, 1.54) is 4.90 Å². The van der Waals surface area contributed by atoms with Gasteiger partial charge in [-0.05, 0) is 31.2 Å². The monoisotopic (exact) mass is 380 g/mol. The van der Waals surface area contributed by atoms with Gasteiger partial charge in [-0.1, -0.05) is 29.8 Å². The number of hydrogen-bond acceptors (Lipinski definition) is 6. The third-order valence-corrected chi connectivity index (χ3v) is 4.20. The second-order valence-electron chi connectivity index (χ2n) is 6.26. The van der Waals surface area contributed by atoms with Gasteiger partial charge < -0.3 is 19.1 Å². The largest absolute Gasteiger partial charge is 0.485 e. The Morgan fingerprint density at radius 2 is 1.89 bits per heavy atom. The molecule has 0 saturated carbocycles. The normalized spacial score (nSPS) is 14.6. The topological polar surface area (TPSA) is 88.9 Å². The Bertz CT molecular complexity index is 888. The number of benzene rings is 2. The van der Waals surface area contributed by atoms with Crippen molar-refractivity contribution in [3.63, 3.8) is 0 Å². The summed E-state index contributed by atoms with van der Waals surface area (Å²) >= 11 is 0. The van der Waals surface area contributed by atoms with E-state index in [0.29, 0.717) is 17.2 Å². The molecule has 0 bridgehead atoms. The summed E-state index contributed by atoms with van der Waals surface area (Å²) in [7, 11) is 0. The number of hydrogen-bond donors (Lipinski definition) is 0. The average molecular weight is 380 g/mol. The van der Waals surface area contributed by atoms with E-state index >= 15 is 0 Å². The lowest BCUT2D eigenvalue weighted by Gasteiger charge is -2.26. The van der Waals surface area contributed by atoms with Gasteiger partial charge in [-0.3, -0.25) is 4.79 Å². The Hall–Kier alpha value is -3.53. The van der Waals surface area contributed by atoms with E-state index in [4.69, 9.17) is 19.5 Å². The minimum absolute atomic E-state index is 0.0140. The van der Waals surface area contributed by atoms with Crippen LogP contribution in [-0.2, 0) is 14.3 Å². The van der Waals surface area contributed by atoms with Crippen molar-refractivity contribution in [2.45, 2.75) is 19.4 Å². The van der Waals surface area contributed by atoms with E-state index in [1.807, 2.05) is 25.1 Å². The van der Waals surface area contributed by atoms with Crippen molar-refractivity contribution < 1.29 is 23.8 Å². The third kappa shape index (κ3) is 4.60. The van der Waals surface area contributed by atoms with Crippen LogP contribution in [0.4, 0.5) is 5.69 Å². The van der Waals surface area contributed by atoms with E-state index < -0.39 is 24.6 Å². The van der Waals surface area contributed by atoms with Crippen LogP contribution >= 0.6 is 0 Å². The molecule has 0 aromatic heterocycles. The lowest BCUT2D eigenvalue weighted by Crippen LogP contribution is -2.41. The molecule has 1 atom stereocenters. The second kappa shape index (κ2) is 8.91. The van der Waals surface area contributed by atoms with Gasteiger partial charge in [0.2, 0.25) is 6.10 Å². The van der Waals surface area contributed by atoms with Gasteiger partial charge in [-0.2, -0.15) is 5.26 Å². The fraction of sp³-hybridized carbons (Fsp3) is 0.286. The number of ether oxygens (including phenoxy) is 3. The van der Waals surface area contributed by atoms with E-state index in [0.717, 1.165) is 5.56 Å².